The molecule has 0 saturated heterocycles. The van der Waals surface area contributed by atoms with Crippen molar-refractivity contribution in [2.45, 2.75) is 87.1 Å². The molecule has 0 aliphatic heterocycles. The summed E-state index contributed by atoms with van der Waals surface area (Å²) in [6.45, 7) is 15.9. The van der Waals surface area contributed by atoms with Gasteiger partial charge in [0.05, 0.1) is 11.2 Å². The van der Waals surface area contributed by atoms with Crippen LogP contribution in [0.2, 0.25) is 0 Å². The van der Waals surface area contributed by atoms with Gasteiger partial charge in [0, 0.05) is 9.65 Å². The number of allylic oxidation sites excluding steroid dienone is 1. The Hall–Kier alpha value is 0.360. The van der Waals surface area contributed by atoms with Crippen molar-refractivity contribution in [2.75, 3.05) is 0 Å². The largest absolute Gasteiger partial charge is 0.389 e. The van der Waals surface area contributed by atoms with Crippen molar-refractivity contribution in [3.63, 3.8) is 0 Å². The number of halogens is 2. The molecule has 4 heteroatoms. The molecule has 24 heavy (non-hydrogen) atoms. The van der Waals surface area contributed by atoms with Crippen LogP contribution in [0.25, 0.3) is 0 Å². The van der Waals surface area contributed by atoms with E-state index in [0.29, 0.717) is 17.2 Å². The molecular formula is C20H34Br2O2. The van der Waals surface area contributed by atoms with Crippen molar-refractivity contribution < 1.29 is 10.2 Å². The van der Waals surface area contributed by atoms with E-state index in [2.05, 4.69) is 51.9 Å². The van der Waals surface area contributed by atoms with Crippen molar-refractivity contribution in [1.82, 2.24) is 0 Å². The fourth-order valence-corrected chi connectivity index (χ4v) is 4.70. The van der Waals surface area contributed by atoms with Gasteiger partial charge in [-0.3, -0.25) is 0 Å². The van der Waals surface area contributed by atoms with Gasteiger partial charge >= 0.3 is 0 Å². The number of alkyl halides is 2. The molecule has 2 nitrogen and oxygen atoms in total. The summed E-state index contributed by atoms with van der Waals surface area (Å²) in [5.41, 5.74) is -0.191. The SMILES string of the molecule is C=CC(C)(O)CC[C@@H]1C(=C)CC[C@H](Br)[C@@]1(C)CC[C@H](Br)C(C)(C)O. The molecule has 1 rings (SSSR count). The lowest BCUT2D eigenvalue weighted by molar-refractivity contribution is 0.0592. The molecule has 1 unspecified atom stereocenters. The first-order valence-electron chi connectivity index (χ1n) is 8.87. The highest BCUT2D eigenvalue weighted by Crippen LogP contribution is 2.52. The van der Waals surface area contributed by atoms with Gasteiger partial charge < -0.3 is 10.2 Å². The van der Waals surface area contributed by atoms with Crippen LogP contribution in [0.3, 0.4) is 0 Å². The fourth-order valence-electron chi connectivity index (χ4n) is 3.69. The van der Waals surface area contributed by atoms with Crippen LogP contribution in [0.1, 0.15) is 66.2 Å². The summed E-state index contributed by atoms with van der Waals surface area (Å²) in [4.78, 5) is 0.490. The van der Waals surface area contributed by atoms with E-state index < -0.39 is 11.2 Å². The first kappa shape index (κ1) is 22.4. The Morgan fingerprint density at radius 3 is 2.46 bits per heavy atom. The van der Waals surface area contributed by atoms with Gasteiger partial charge in [-0.25, -0.2) is 0 Å². The second kappa shape index (κ2) is 8.37. The van der Waals surface area contributed by atoms with Crippen LogP contribution < -0.4 is 0 Å². The highest BCUT2D eigenvalue weighted by molar-refractivity contribution is 9.09. The van der Waals surface area contributed by atoms with Crippen molar-refractivity contribution >= 4 is 31.9 Å². The van der Waals surface area contributed by atoms with Gasteiger partial charge in [0.2, 0.25) is 0 Å². The quantitative estimate of drug-likeness (QED) is 0.353. The van der Waals surface area contributed by atoms with E-state index >= 15 is 0 Å². The predicted molar refractivity (Wildman–Crippen MR) is 111 cm³/mol. The van der Waals surface area contributed by atoms with Crippen molar-refractivity contribution in [3.05, 3.63) is 24.8 Å². The number of hydrogen-bond donors (Lipinski definition) is 2. The maximum atomic E-state index is 10.3. The van der Waals surface area contributed by atoms with Gasteiger partial charge in [-0.05, 0) is 70.6 Å². The molecule has 0 spiro atoms. The second-order valence-electron chi connectivity index (χ2n) is 8.48. The summed E-state index contributed by atoms with van der Waals surface area (Å²) in [5.74, 6) is 0.364. The van der Waals surface area contributed by atoms with Crippen molar-refractivity contribution in [3.8, 4) is 0 Å². The fraction of sp³-hybridized carbons (Fsp3) is 0.800. The Labute approximate surface area is 165 Å². The third-order valence-electron chi connectivity index (χ3n) is 5.81. The Morgan fingerprint density at radius 1 is 1.38 bits per heavy atom. The molecular weight excluding hydrogens is 432 g/mol. The molecule has 0 heterocycles. The minimum absolute atomic E-state index is 0.0636. The van der Waals surface area contributed by atoms with E-state index in [1.54, 1.807) is 6.08 Å². The standard InChI is InChI=1S/C20H34Br2O2/c1-7-19(5,24)12-10-15-14(2)8-9-17(22)20(15,6)13-11-16(21)18(3,4)23/h7,15-17,23-24H,1-2,8-13H2,3-6H3/t15-,16+,17+,19?,20+/m1/s1. The van der Waals surface area contributed by atoms with Gasteiger partial charge in [-0.1, -0.05) is 57.0 Å². The van der Waals surface area contributed by atoms with E-state index in [1.165, 1.54) is 5.57 Å². The molecule has 1 aliphatic carbocycles. The Kier molecular flexibility index (Phi) is 7.81. The van der Waals surface area contributed by atoms with Crippen LogP contribution in [0.15, 0.2) is 24.8 Å². The van der Waals surface area contributed by atoms with Crippen LogP contribution >= 0.6 is 31.9 Å². The minimum Gasteiger partial charge on any atom is -0.389 e. The van der Waals surface area contributed by atoms with E-state index in [4.69, 9.17) is 0 Å². The number of aliphatic hydroxyl groups is 2. The van der Waals surface area contributed by atoms with Crippen LogP contribution in [0.5, 0.6) is 0 Å². The first-order valence-corrected chi connectivity index (χ1v) is 10.7. The molecule has 0 aromatic heterocycles. The monoisotopic (exact) mass is 464 g/mol. The zero-order valence-corrected chi connectivity index (χ0v) is 18.8. The predicted octanol–water partition coefficient (Wildman–Crippen LogP) is 5.75. The lowest BCUT2D eigenvalue weighted by atomic mass is 9.61. The third-order valence-corrected chi connectivity index (χ3v) is 8.89. The zero-order chi connectivity index (χ0) is 18.8. The van der Waals surface area contributed by atoms with E-state index in [9.17, 15) is 10.2 Å². The molecule has 5 atom stereocenters. The first-order chi connectivity index (χ1) is 10.8. The maximum Gasteiger partial charge on any atom is 0.0797 e. The summed E-state index contributed by atoms with van der Waals surface area (Å²) >= 11 is 7.56. The summed E-state index contributed by atoms with van der Waals surface area (Å²) in [5, 5.41) is 20.5. The molecule has 140 valence electrons. The zero-order valence-electron chi connectivity index (χ0n) is 15.6. The molecule has 1 fully saturated rings. The van der Waals surface area contributed by atoms with Crippen LogP contribution in [-0.2, 0) is 0 Å². The van der Waals surface area contributed by atoms with Crippen LogP contribution in [0.4, 0.5) is 0 Å². The topological polar surface area (TPSA) is 40.5 Å². The maximum absolute atomic E-state index is 10.3. The molecule has 0 aromatic rings. The van der Waals surface area contributed by atoms with E-state index in [0.717, 1.165) is 32.1 Å². The third kappa shape index (κ3) is 5.69. The normalized spacial score (nSPS) is 32.2. The second-order valence-corrected chi connectivity index (χ2v) is 10.7. The average molecular weight is 466 g/mol. The van der Waals surface area contributed by atoms with Crippen molar-refractivity contribution in [2.24, 2.45) is 11.3 Å². The van der Waals surface area contributed by atoms with E-state index in [-0.39, 0.29) is 10.2 Å². The van der Waals surface area contributed by atoms with Gasteiger partial charge in [-0.2, -0.15) is 0 Å². The van der Waals surface area contributed by atoms with Gasteiger partial charge in [0.1, 0.15) is 0 Å². The Morgan fingerprint density at radius 2 is 1.96 bits per heavy atom. The van der Waals surface area contributed by atoms with Gasteiger partial charge in [0.25, 0.3) is 0 Å². The highest BCUT2D eigenvalue weighted by atomic mass is 79.9. The number of hydrogen-bond acceptors (Lipinski definition) is 2. The molecule has 0 bridgehead atoms. The molecule has 0 radical (unpaired) electrons. The summed E-state index contributed by atoms with van der Waals surface area (Å²) < 4.78 is 0. The number of rotatable bonds is 8. The Balaban J connectivity index is 2.90. The molecule has 0 aromatic carbocycles. The smallest absolute Gasteiger partial charge is 0.0797 e. The molecule has 1 aliphatic rings. The summed E-state index contributed by atoms with van der Waals surface area (Å²) in [6.07, 6.45) is 7.27. The highest BCUT2D eigenvalue weighted by Gasteiger charge is 2.45. The summed E-state index contributed by atoms with van der Waals surface area (Å²) in [6, 6.07) is 0. The average Bonchev–Trinajstić information content (AvgIpc) is 2.47. The van der Waals surface area contributed by atoms with Gasteiger partial charge in [0.15, 0.2) is 0 Å². The lowest BCUT2D eigenvalue weighted by Gasteiger charge is -2.48. The van der Waals surface area contributed by atoms with Crippen molar-refractivity contribution in [1.29, 1.82) is 0 Å². The van der Waals surface area contributed by atoms with Crippen LogP contribution in [0, 0.1) is 11.3 Å². The minimum atomic E-state index is -0.828. The Bertz CT molecular complexity index is 453. The van der Waals surface area contributed by atoms with Gasteiger partial charge in [-0.15, -0.1) is 6.58 Å². The molecule has 0 amide bonds. The molecule has 1 saturated carbocycles. The lowest BCUT2D eigenvalue weighted by Crippen LogP contribution is -2.43. The molecule has 2 N–H and O–H groups in total. The summed E-state index contributed by atoms with van der Waals surface area (Å²) in [7, 11) is 0. The van der Waals surface area contributed by atoms with Crippen LogP contribution in [-0.4, -0.2) is 31.1 Å². The van der Waals surface area contributed by atoms with E-state index in [1.807, 2.05) is 20.8 Å².